The summed E-state index contributed by atoms with van der Waals surface area (Å²) < 4.78 is 10.6. The van der Waals surface area contributed by atoms with Crippen LogP contribution in [0.4, 0.5) is 0 Å². The van der Waals surface area contributed by atoms with Crippen molar-refractivity contribution in [2.24, 2.45) is 0 Å². The van der Waals surface area contributed by atoms with E-state index in [4.69, 9.17) is 21.7 Å². The van der Waals surface area contributed by atoms with Gasteiger partial charge in [0.05, 0.1) is 14.2 Å². The third-order valence-electron chi connectivity index (χ3n) is 3.56. The second kappa shape index (κ2) is 7.27. The van der Waals surface area contributed by atoms with Gasteiger partial charge in [-0.05, 0) is 36.8 Å². The first-order valence-corrected chi connectivity index (χ1v) is 7.56. The number of methoxy groups -OCH3 is 2. The van der Waals surface area contributed by atoms with Crippen molar-refractivity contribution in [3.05, 3.63) is 41.5 Å². The third kappa shape index (κ3) is 3.30. The lowest BCUT2D eigenvalue weighted by molar-refractivity contribution is -0.128. The van der Waals surface area contributed by atoms with Crippen LogP contribution >= 0.6 is 12.2 Å². The molecule has 24 heavy (non-hydrogen) atoms. The molecule has 7 heteroatoms. The van der Waals surface area contributed by atoms with Crippen LogP contribution in [0, 0.1) is 6.92 Å². The molecule has 0 aromatic heterocycles. The van der Waals surface area contributed by atoms with Crippen LogP contribution in [-0.2, 0) is 9.59 Å². The molecule has 126 valence electrons. The van der Waals surface area contributed by atoms with Gasteiger partial charge >= 0.3 is 0 Å². The number of nitrogens with zero attached hydrogens (tertiary/aromatic N) is 1. The van der Waals surface area contributed by atoms with Crippen LogP contribution in [0.15, 0.2) is 30.4 Å². The van der Waals surface area contributed by atoms with Crippen molar-refractivity contribution in [2.45, 2.75) is 6.92 Å². The number of carbonyl (C=O) groups is 2. The number of nitrogens with one attached hydrogen (secondary N) is 1. The molecular weight excluding hydrogens is 328 g/mol. The molecule has 0 spiro atoms. The van der Waals surface area contributed by atoms with Crippen LogP contribution in [0.3, 0.4) is 0 Å². The normalized spacial score (nSPS) is 16.2. The molecule has 1 aliphatic rings. The van der Waals surface area contributed by atoms with E-state index in [2.05, 4.69) is 11.9 Å². The van der Waals surface area contributed by atoms with Crippen LogP contribution in [0.2, 0.25) is 0 Å². The van der Waals surface area contributed by atoms with Crippen molar-refractivity contribution in [3.8, 4) is 11.5 Å². The van der Waals surface area contributed by atoms with Crippen molar-refractivity contribution < 1.29 is 19.1 Å². The van der Waals surface area contributed by atoms with E-state index in [0.717, 1.165) is 5.56 Å². The SMILES string of the molecule is C=CCN1C(=O)/C(=C/c2c(C)cc(OC)cc2OC)C(=O)NC1=S. The molecule has 1 saturated heterocycles. The average Bonchev–Trinajstić information content (AvgIpc) is 2.55. The third-order valence-corrected chi connectivity index (χ3v) is 3.89. The number of hydrogen-bond acceptors (Lipinski definition) is 5. The summed E-state index contributed by atoms with van der Waals surface area (Å²) in [5, 5.41) is 2.58. The summed E-state index contributed by atoms with van der Waals surface area (Å²) in [5.41, 5.74) is 1.42. The number of ether oxygens (including phenoxy) is 2. The Morgan fingerprint density at radius 1 is 1.29 bits per heavy atom. The molecule has 1 N–H and O–H groups in total. The number of benzene rings is 1. The minimum absolute atomic E-state index is 0.0167. The molecule has 0 radical (unpaired) electrons. The van der Waals surface area contributed by atoms with Gasteiger partial charge in [0.25, 0.3) is 11.8 Å². The van der Waals surface area contributed by atoms with Gasteiger partial charge in [0, 0.05) is 18.2 Å². The number of amides is 2. The maximum absolute atomic E-state index is 12.6. The summed E-state index contributed by atoms with van der Waals surface area (Å²) in [5.74, 6) is 0.118. The Labute approximate surface area is 145 Å². The fraction of sp³-hybridized carbons (Fsp3) is 0.235. The van der Waals surface area contributed by atoms with Crippen molar-refractivity contribution in [2.75, 3.05) is 20.8 Å². The molecule has 1 aromatic carbocycles. The summed E-state index contributed by atoms with van der Waals surface area (Å²) in [7, 11) is 3.07. The molecule has 0 saturated carbocycles. The summed E-state index contributed by atoms with van der Waals surface area (Å²) in [4.78, 5) is 26.0. The van der Waals surface area contributed by atoms with Gasteiger partial charge in [0.15, 0.2) is 5.11 Å². The Hall–Kier alpha value is -2.67. The monoisotopic (exact) mass is 346 g/mol. The van der Waals surface area contributed by atoms with E-state index in [1.807, 2.05) is 6.92 Å². The summed E-state index contributed by atoms with van der Waals surface area (Å²) in [6, 6.07) is 3.49. The lowest BCUT2D eigenvalue weighted by atomic mass is 10.0. The molecule has 0 unspecified atom stereocenters. The van der Waals surface area contributed by atoms with E-state index < -0.39 is 11.8 Å². The first kappa shape index (κ1) is 17.7. The summed E-state index contributed by atoms with van der Waals surface area (Å²) in [6.07, 6.45) is 3.04. The maximum Gasteiger partial charge on any atom is 0.265 e. The van der Waals surface area contributed by atoms with Gasteiger partial charge in [-0.1, -0.05) is 6.08 Å². The molecule has 1 aliphatic heterocycles. The second-order valence-corrected chi connectivity index (χ2v) is 5.47. The van der Waals surface area contributed by atoms with E-state index >= 15 is 0 Å². The number of thiocarbonyl (C=S) groups is 1. The Morgan fingerprint density at radius 2 is 2.00 bits per heavy atom. The van der Waals surface area contributed by atoms with Gasteiger partial charge in [-0.2, -0.15) is 0 Å². The van der Waals surface area contributed by atoms with Crippen LogP contribution in [0.1, 0.15) is 11.1 Å². The molecule has 1 fully saturated rings. The lowest BCUT2D eigenvalue weighted by Gasteiger charge is -2.28. The second-order valence-electron chi connectivity index (χ2n) is 5.08. The number of rotatable bonds is 5. The first-order chi connectivity index (χ1) is 11.4. The van der Waals surface area contributed by atoms with E-state index in [-0.39, 0.29) is 17.2 Å². The van der Waals surface area contributed by atoms with Gasteiger partial charge in [0.2, 0.25) is 0 Å². The van der Waals surface area contributed by atoms with Crippen molar-refractivity contribution in [1.82, 2.24) is 10.2 Å². The van der Waals surface area contributed by atoms with E-state index in [0.29, 0.717) is 17.1 Å². The van der Waals surface area contributed by atoms with Crippen LogP contribution in [-0.4, -0.2) is 42.6 Å². The van der Waals surface area contributed by atoms with Crippen LogP contribution in [0.25, 0.3) is 6.08 Å². The highest BCUT2D eigenvalue weighted by Crippen LogP contribution is 2.31. The zero-order valence-electron chi connectivity index (χ0n) is 13.7. The fourth-order valence-electron chi connectivity index (χ4n) is 2.34. The molecule has 6 nitrogen and oxygen atoms in total. The minimum Gasteiger partial charge on any atom is -0.497 e. The quantitative estimate of drug-likeness (QED) is 0.381. The zero-order chi connectivity index (χ0) is 17.9. The molecule has 1 aromatic rings. The largest absolute Gasteiger partial charge is 0.497 e. The van der Waals surface area contributed by atoms with E-state index in [9.17, 15) is 9.59 Å². The number of carbonyl (C=O) groups excluding carboxylic acids is 2. The predicted molar refractivity (Wildman–Crippen MR) is 94.9 cm³/mol. The van der Waals surface area contributed by atoms with Gasteiger partial charge in [-0.15, -0.1) is 6.58 Å². The maximum atomic E-state index is 12.6. The summed E-state index contributed by atoms with van der Waals surface area (Å²) in [6.45, 7) is 5.65. The smallest absolute Gasteiger partial charge is 0.265 e. The standard InChI is InChI=1S/C17H18N2O4S/c1-5-6-19-16(21)13(15(20)18-17(19)24)9-12-10(2)7-11(22-3)8-14(12)23-4/h5,7-9H,1,6H2,2-4H3,(H,18,20,24)/b13-9+. The molecule has 0 bridgehead atoms. The van der Waals surface area contributed by atoms with Crippen molar-refractivity contribution in [1.29, 1.82) is 0 Å². The van der Waals surface area contributed by atoms with Crippen molar-refractivity contribution >= 4 is 35.2 Å². The predicted octanol–water partition coefficient (Wildman–Crippen LogP) is 1.82. The Kier molecular flexibility index (Phi) is 5.35. The lowest BCUT2D eigenvalue weighted by Crippen LogP contribution is -2.53. The molecular formula is C17H18N2O4S. The highest BCUT2D eigenvalue weighted by atomic mass is 32.1. The molecule has 0 aliphatic carbocycles. The van der Waals surface area contributed by atoms with Gasteiger partial charge in [0.1, 0.15) is 17.1 Å². The average molecular weight is 346 g/mol. The summed E-state index contributed by atoms with van der Waals surface area (Å²) >= 11 is 5.03. The Morgan fingerprint density at radius 3 is 2.58 bits per heavy atom. The number of aryl methyl sites for hydroxylation is 1. The van der Waals surface area contributed by atoms with E-state index in [1.54, 1.807) is 25.3 Å². The topological polar surface area (TPSA) is 67.9 Å². The zero-order valence-corrected chi connectivity index (χ0v) is 14.5. The van der Waals surface area contributed by atoms with Crippen molar-refractivity contribution in [3.63, 3.8) is 0 Å². The minimum atomic E-state index is -0.539. The molecule has 0 atom stereocenters. The van der Waals surface area contributed by atoms with Crippen LogP contribution < -0.4 is 14.8 Å². The number of hydrogen-bond donors (Lipinski definition) is 1. The van der Waals surface area contributed by atoms with E-state index in [1.165, 1.54) is 18.1 Å². The van der Waals surface area contributed by atoms with Gasteiger partial charge in [-0.25, -0.2) is 0 Å². The molecule has 2 rings (SSSR count). The Bertz CT molecular complexity index is 755. The first-order valence-electron chi connectivity index (χ1n) is 7.15. The van der Waals surface area contributed by atoms with Gasteiger partial charge in [-0.3, -0.25) is 19.8 Å². The highest BCUT2D eigenvalue weighted by molar-refractivity contribution is 7.80. The fourth-order valence-corrected chi connectivity index (χ4v) is 2.59. The molecule has 1 heterocycles. The van der Waals surface area contributed by atoms with Crippen LogP contribution in [0.5, 0.6) is 11.5 Å². The Balaban J connectivity index is 2.53. The molecule has 2 amide bonds. The highest BCUT2D eigenvalue weighted by Gasteiger charge is 2.33. The van der Waals surface area contributed by atoms with Gasteiger partial charge < -0.3 is 9.47 Å².